The summed E-state index contributed by atoms with van der Waals surface area (Å²) in [6.07, 6.45) is 2.70. The lowest BCUT2D eigenvalue weighted by atomic mass is 9.79. The molecule has 2 unspecified atom stereocenters. The second-order valence-corrected chi connectivity index (χ2v) is 3.15. The van der Waals surface area contributed by atoms with Gasteiger partial charge in [-0.15, -0.1) is 0 Å². The SMILES string of the molecule is [2H]OC(=O)C1CCCCC1C(=O)O. The van der Waals surface area contributed by atoms with Crippen molar-refractivity contribution in [3.8, 4) is 0 Å². The molecule has 68 valence electrons. The number of carboxylic acid groups (broad SMARTS) is 2. The lowest BCUT2D eigenvalue weighted by molar-refractivity contribution is -0.155. The van der Waals surface area contributed by atoms with Gasteiger partial charge in [-0.25, -0.2) is 0 Å². The highest BCUT2D eigenvalue weighted by molar-refractivity contribution is 5.80. The third kappa shape index (κ3) is 1.75. The van der Waals surface area contributed by atoms with Crippen molar-refractivity contribution in [2.45, 2.75) is 25.7 Å². The summed E-state index contributed by atoms with van der Waals surface area (Å²) >= 11 is 0. The zero-order valence-electron chi connectivity index (χ0n) is 7.66. The Morgan fingerprint density at radius 1 is 1.17 bits per heavy atom. The fourth-order valence-electron chi connectivity index (χ4n) is 1.71. The summed E-state index contributed by atoms with van der Waals surface area (Å²) in [7, 11) is 0. The maximum absolute atomic E-state index is 11.0. The maximum atomic E-state index is 11.0. The third-order valence-corrected chi connectivity index (χ3v) is 2.39. The zero-order chi connectivity index (χ0) is 9.84. The van der Waals surface area contributed by atoms with Crippen molar-refractivity contribution >= 4 is 11.9 Å². The van der Waals surface area contributed by atoms with Crippen molar-refractivity contribution in [3.05, 3.63) is 0 Å². The second-order valence-electron chi connectivity index (χ2n) is 3.15. The Labute approximate surface area is 71.7 Å². The Hall–Kier alpha value is -1.06. The molecule has 0 aromatic rings. The molecule has 4 heteroatoms. The molecule has 0 spiro atoms. The smallest absolute Gasteiger partial charge is 0.307 e. The van der Waals surface area contributed by atoms with Crippen LogP contribution in [-0.2, 0) is 9.59 Å². The van der Waals surface area contributed by atoms with E-state index in [1.807, 2.05) is 0 Å². The predicted octanol–water partition coefficient (Wildman–Crippen LogP) is 0.962. The Morgan fingerprint density at radius 2 is 1.67 bits per heavy atom. The van der Waals surface area contributed by atoms with Crippen molar-refractivity contribution < 1.29 is 19.8 Å². The molecule has 0 amide bonds. The van der Waals surface area contributed by atoms with Crippen molar-refractivity contribution in [2.75, 3.05) is 0 Å². The van der Waals surface area contributed by atoms with E-state index in [1.165, 1.54) is 0 Å². The average Bonchev–Trinajstić information content (AvgIpc) is 2.16. The first-order chi connectivity index (χ1) is 6.16. The predicted molar refractivity (Wildman–Crippen MR) is 40.7 cm³/mol. The highest BCUT2D eigenvalue weighted by Crippen LogP contribution is 2.30. The molecule has 0 aliphatic heterocycles. The molecule has 2 N–H and O–H groups in total. The van der Waals surface area contributed by atoms with Crippen molar-refractivity contribution in [1.82, 2.24) is 0 Å². The molecule has 1 fully saturated rings. The number of carbonyl (C=O) groups is 2. The summed E-state index contributed by atoms with van der Waals surface area (Å²) in [5, 5.41) is 12.6. The normalized spacial score (nSPS) is 30.5. The van der Waals surface area contributed by atoms with Crippen LogP contribution in [0.3, 0.4) is 0 Å². The van der Waals surface area contributed by atoms with Gasteiger partial charge in [0.1, 0.15) is 0 Å². The quantitative estimate of drug-likeness (QED) is 0.652. The van der Waals surface area contributed by atoms with Gasteiger partial charge < -0.3 is 10.2 Å². The first-order valence-electron chi connectivity index (χ1n) is 4.47. The third-order valence-electron chi connectivity index (χ3n) is 2.39. The fraction of sp³-hybridized carbons (Fsp3) is 0.750. The molecule has 1 aliphatic carbocycles. The van der Waals surface area contributed by atoms with E-state index in [9.17, 15) is 9.59 Å². The van der Waals surface area contributed by atoms with E-state index < -0.39 is 23.8 Å². The summed E-state index contributed by atoms with van der Waals surface area (Å²) in [4.78, 5) is 21.7. The van der Waals surface area contributed by atoms with E-state index in [1.54, 1.807) is 0 Å². The minimum atomic E-state index is -0.963. The van der Waals surface area contributed by atoms with Crippen LogP contribution in [0.15, 0.2) is 0 Å². The number of carboxylic acids is 2. The van der Waals surface area contributed by atoms with E-state index >= 15 is 0 Å². The van der Waals surface area contributed by atoms with E-state index in [4.69, 9.17) is 6.54 Å². The average molecular weight is 173 g/mol. The van der Waals surface area contributed by atoms with Gasteiger partial charge in [0.15, 0.2) is 0 Å². The first-order valence-corrected chi connectivity index (χ1v) is 4.06. The van der Waals surface area contributed by atoms with Crippen molar-refractivity contribution in [3.63, 3.8) is 0 Å². The highest BCUT2D eigenvalue weighted by atomic mass is 16.4. The second kappa shape index (κ2) is 3.56. The van der Waals surface area contributed by atoms with Gasteiger partial charge in [-0.2, -0.15) is 0 Å². The maximum Gasteiger partial charge on any atom is 0.307 e. The van der Waals surface area contributed by atoms with Gasteiger partial charge in [0.2, 0.25) is 0 Å². The minimum Gasteiger partial charge on any atom is -0.481 e. The molecule has 1 aliphatic rings. The Balaban J connectivity index is 2.67. The Morgan fingerprint density at radius 3 is 2.08 bits per heavy atom. The van der Waals surface area contributed by atoms with Crippen molar-refractivity contribution in [1.29, 1.82) is 1.43 Å². The molecule has 0 heterocycles. The molecular weight excluding hydrogens is 160 g/mol. The molecule has 2 atom stereocenters. The van der Waals surface area contributed by atoms with Crippen LogP contribution in [0.4, 0.5) is 0 Å². The molecule has 1 rings (SSSR count). The van der Waals surface area contributed by atoms with Crippen LogP contribution in [0.1, 0.15) is 25.7 Å². The van der Waals surface area contributed by atoms with Crippen LogP contribution in [-0.4, -0.2) is 22.2 Å². The molecule has 1 saturated carbocycles. The lowest BCUT2D eigenvalue weighted by Crippen LogP contribution is -2.32. The summed E-state index contributed by atoms with van der Waals surface area (Å²) in [5.74, 6) is -2.96. The fourth-order valence-corrected chi connectivity index (χ4v) is 1.71. The molecule has 0 radical (unpaired) electrons. The monoisotopic (exact) mass is 173 g/mol. The summed E-state index contributed by atoms with van der Waals surface area (Å²) in [6, 6.07) is 0. The van der Waals surface area contributed by atoms with E-state index in [0.29, 0.717) is 12.8 Å². The van der Waals surface area contributed by atoms with Crippen LogP contribution < -0.4 is 0 Å². The number of hydrogen-bond donors (Lipinski definition) is 2. The molecule has 0 aromatic heterocycles. The van der Waals surface area contributed by atoms with Crippen LogP contribution in [0, 0.1) is 11.8 Å². The molecule has 4 nitrogen and oxygen atoms in total. The van der Waals surface area contributed by atoms with E-state index in [0.717, 1.165) is 12.8 Å². The molecule has 12 heavy (non-hydrogen) atoms. The summed E-state index contributed by atoms with van der Waals surface area (Å²) in [6.45, 7) is 0. The van der Waals surface area contributed by atoms with Gasteiger partial charge in [0.25, 0.3) is 1.43 Å². The van der Waals surface area contributed by atoms with Crippen LogP contribution >= 0.6 is 0 Å². The Bertz CT molecular complexity index is 216. The van der Waals surface area contributed by atoms with Gasteiger partial charge >= 0.3 is 11.9 Å². The Kier molecular flexibility index (Phi) is 2.25. The first kappa shape index (κ1) is 7.58. The number of rotatable bonds is 2. The number of aliphatic carboxylic acids is 2. The topological polar surface area (TPSA) is 74.6 Å². The minimum absolute atomic E-state index is 0.509. The molecule has 0 saturated heterocycles. The number of hydrogen-bond acceptors (Lipinski definition) is 3. The molecule has 0 aromatic carbocycles. The summed E-state index contributed by atoms with van der Waals surface area (Å²) < 4.78 is 6.43. The van der Waals surface area contributed by atoms with Gasteiger partial charge in [-0.1, -0.05) is 12.8 Å². The van der Waals surface area contributed by atoms with Crippen molar-refractivity contribution in [2.24, 2.45) is 11.8 Å². The van der Waals surface area contributed by atoms with Crippen LogP contribution in [0.2, 0.25) is 0 Å². The highest BCUT2D eigenvalue weighted by Gasteiger charge is 2.35. The lowest BCUT2D eigenvalue weighted by Gasteiger charge is -2.24. The van der Waals surface area contributed by atoms with Crippen LogP contribution in [0.25, 0.3) is 1.43 Å². The zero-order valence-corrected chi connectivity index (χ0v) is 6.66. The molecular formula is C8H12O4. The van der Waals surface area contributed by atoms with Gasteiger partial charge in [-0.05, 0) is 12.8 Å². The van der Waals surface area contributed by atoms with E-state index in [-0.39, 0.29) is 0 Å². The summed E-state index contributed by atoms with van der Waals surface area (Å²) in [5.41, 5.74) is 0. The standard InChI is InChI=1S/C8H12O4/c9-7(10)5-3-1-2-4-6(5)8(11)12/h5-6H,1-4H2,(H,9,10)(H,11,12)/i/hD. The van der Waals surface area contributed by atoms with Gasteiger partial charge in [0, 0.05) is 0 Å². The van der Waals surface area contributed by atoms with Crippen LogP contribution in [0.5, 0.6) is 0 Å². The van der Waals surface area contributed by atoms with Gasteiger partial charge in [-0.3, -0.25) is 9.59 Å². The van der Waals surface area contributed by atoms with E-state index in [2.05, 4.69) is 5.11 Å². The molecule has 0 bridgehead atoms. The van der Waals surface area contributed by atoms with Gasteiger partial charge in [0.05, 0.1) is 11.8 Å². The largest absolute Gasteiger partial charge is 0.481 e.